The van der Waals surface area contributed by atoms with Crippen LogP contribution in [0.5, 0.6) is 6.01 Å². The maximum Gasteiger partial charge on any atom is 0.321 e. The molecule has 212 valence electrons. The van der Waals surface area contributed by atoms with Crippen molar-refractivity contribution in [1.82, 2.24) is 24.8 Å². The van der Waals surface area contributed by atoms with E-state index in [-0.39, 0.29) is 0 Å². The smallest absolute Gasteiger partial charge is 0.321 e. The molecule has 0 aromatic carbocycles. The van der Waals surface area contributed by atoms with Gasteiger partial charge in [0.25, 0.3) is 0 Å². The Bertz CT molecular complexity index is 714. The average molecular weight is 552 g/mol. The third kappa shape index (κ3) is 16.7. The maximum absolute atomic E-state index is 5.91. The predicted molar refractivity (Wildman–Crippen MR) is 161 cm³/mol. The van der Waals surface area contributed by atoms with E-state index >= 15 is 0 Å². The number of nitrogens with zero attached hydrogens (tertiary/aromatic N) is 5. The number of rotatable bonds is 22. The minimum atomic E-state index is 0.469. The van der Waals surface area contributed by atoms with Gasteiger partial charge >= 0.3 is 6.01 Å². The maximum atomic E-state index is 5.91. The number of hydrogen-bond acceptors (Lipinski definition) is 8. The van der Waals surface area contributed by atoms with Gasteiger partial charge in [0, 0.05) is 38.5 Å². The second-order valence-corrected chi connectivity index (χ2v) is 12.0. The molecule has 1 fully saturated rings. The summed E-state index contributed by atoms with van der Waals surface area (Å²) >= 11 is 3.28. The number of ether oxygens (including phenoxy) is 1. The number of hydrogen-bond donors (Lipinski definition) is 0. The summed E-state index contributed by atoms with van der Waals surface area (Å²) in [5, 5.41) is 1.54. The Hall–Kier alpha value is -0.830. The summed E-state index contributed by atoms with van der Waals surface area (Å²) in [5.74, 6) is 1.06. The van der Waals surface area contributed by atoms with Crippen LogP contribution in [0.2, 0.25) is 0 Å². The number of thioether (sulfide) groups is 2. The number of aromatic nitrogens is 3. The Kier molecular flexibility index (Phi) is 19.3. The average Bonchev–Trinajstić information content (AvgIpc) is 2.91. The third-order valence-corrected chi connectivity index (χ3v) is 8.36. The van der Waals surface area contributed by atoms with Crippen molar-refractivity contribution in [1.29, 1.82) is 0 Å². The second kappa shape index (κ2) is 22.0. The van der Waals surface area contributed by atoms with E-state index < -0.39 is 0 Å². The molecule has 1 aliphatic rings. The van der Waals surface area contributed by atoms with E-state index in [9.17, 15) is 0 Å². The molecule has 0 unspecified atom stereocenters. The number of piperazine rings is 1. The van der Waals surface area contributed by atoms with E-state index in [0.717, 1.165) is 48.8 Å². The van der Waals surface area contributed by atoms with E-state index in [4.69, 9.17) is 4.74 Å². The Balaban J connectivity index is 1.47. The van der Waals surface area contributed by atoms with Gasteiger partial charge in [-0.05, 0) is 45.4 Å². The third-order valence-electron chi connectivity index (χ3n) is 6.88. The lowest BCUT2D eigenvalue weighted by molar-refractivity contribution is 0.130. The molecule has 0 bridgehead atoms. The van der Waals surface area contributed by atoms with Crippen LogP contribution in [0.15, 0.2) is 22.5 Å². The van der Waals surface area contributed by atoms with Gasteiger partial charge in [0.15, 0.2) is 10.3 Å². The summed E-state index contributed by atoms with van der Waals surface area (Å²) in [6.07, 6.45) is 25.6. The van der Waals surface area contributed by atoms with Crippen molar-refractivity contribution in [2.45, 2.75) is 107 Å². The largest absolute Gasteiger partial charge is 0.462 e. The second-order valence-electron chi connectivity index (χ2n) is 10.2. The van der Waals surface area contributed by atoms with Crippen LogP contribution < -0.4 is 4.74 Å². The summed E-state index contributed by atoms with van der Waals surface area (Å²) in [7, 11) is 2.18. The van der Waals surface area contributed by atoms with E-state index in [1.165, 1.54) is 89.9 Å². The lowest BCUT2D eigenvalue weighted by Crippen LogP contribution is -2.45. The molecule has 6 nitrogen and oxygen atoms in total. The standard InChI is InChI=1S/C29H53N5OS2/c1-4-5-6-7-8-9-10-11-12-13-14-15-16-17-18-19-26-37-29-31-27(30-28(32-29)36-3)35-25-24-34-22-20-33(2)21-23-34/h11-12H,4-10,13-26H2,1-3H3/b12-11-. The molecule has 1 aromatic rings. The van der Waals surface area contributed by atoms with Crippen molar-refractivity contribution < 1.29 is 4.74 Å². The molecule has 1 aliphatic heterocycles. The van der Waals surface area contributed by atoms with Crippen LogP contribution in [0.4, 0.5) is 0 Å². The predicted octanol–water partition coefficient (Wildman–Crippen LogP) is 7.35. The van der Waals surface area contributed by atoms with Crippen LogP contribution in [0.25, 0.3) is 0 Å². The first-order valence-electron chi connectivity index (χ1n) is 14.8. The Labute approximate surface area is 236 Å². The van der Waals surface area contributed by atoms with Gasteiger partial charge in [0.1, 0.15) is 6.61 Å². The van der Waals surface area contributed by atoms with Gasteiger partial charge in [-0.25, -0.2) is 0 Å². The van der Waals surface area contributed by atoms with Crippen LogP contribution in [0, 0.1) is 0 Å². The first-order valence-corrected chi connectivity index (χ1v) is 17.0. The van der Waals surface area contributed by atoms with Gasteiger partial charge in [0.2, 0.25) is 0 Å². The molecule has 0 amide bonds. The number of allylic oxidation sites excluding steroid dienone is 2. The summed E-state index contributed by atoms with van der Waals surface area (Å²) in [6, 6.07) is 0.469. The van der Waals surface area contributed by atoms with Crippen molar-refractivity contribution in [3.63, 3.8) is 0 Å². The van der Waals surface area contributed by atoms with Crippen molar-refractivity contribution in [3.05, 3.63) is 12.2 Å². The molecule has 0 radical (unpaired) electrons. The van der Waals surface area contributed by atoms with Crippen molar-refractivity contribution >= 4 is 23.5 Å². The minimum Gasteiger partial charge on any atom is -0.462 e. The van der Waals surface area contributed by atoms with Gasteiger partial charge in [-0.1, -0.05) is 100 Å². The molecule has 2 heterocycles. The summed E-state index contributed by atoms with van der Waals surface area (Å²) in [4.78, 5) is 18.4. The zero-order chi connectivity index (χ0) is 26.4. The highest BCUT2D eigenvalue weighted by molar-refractivity contribution is 7.99. The monoisotopic (exact) mass is 551 g/mol. The molecule has 8 heteroatoms. The summed E-state index contributed by atoms with van der Waals surface area (Å²) < 4.78 is 5.91. The van der Waals surface area contributed by atoms with Crippen LogP contribution in [-0.4, -0.2) is 83.1 Å². The van der Waals surface area contributed by atoms with Gasteiger partial charge < -0.3 is 9.64 Å². The molecule has 2 rings (SSSR count). The normalized spacial score (nSPS) is 15.1. The minimum absolute atomic E-state index is 0.469. The molecular formula is C29H53N5OS2. The van der Waals surface area contributed by atoms with Crippen LogP contribution in [0.1, 0.15) is 96.8 Å². The fourth-order valence-electron chi connectivity index (χ4n) is 4.39. The van der Waals surface area contributed by atoms with E-state index in [2.05, 4.69) is 50.9 Å². The fourth-order valence-corrected chi connectivity index (χ4v) is 5.62. The van der Waals surface area contributed by atoms with Gasteiger partial charge in [-0.3, -0.25) is 4.90 Å². The number of unbranched alkanes of at least 4 members (excludes halogenated alkanes) is 12. The van der Waals surface area contributed by atoms with Gasteiger partial charge in [-0.15, -0.1) is 0 Å². The first-order chi connectivity index (χ1) is 18.2. The Morgan fingerprint density at radius 1 is 0.757 bits per heavy atom. The Morgan fingerprint density at radius 2 is 1.35 bits per heavy atom. The topological polar surface area (TPSA) is 54.4 Å². The van der Waals surface area contributed by atoms with Crippen molar-refractivity contribution in [2.24, 2.45) is 0 Å². The highest BCUT2D eigenvalue weighted by atomic mass is 32.2. The first kappa shape index (κ1) is 32.4. The molecule has 37 heavy (non-hydrogen) atoms. The van der Waals surface area contributed by atoms with E-state index in [0.29, 0.717) is 12.6 Å². The molecule has 1 saturated heterocycles. The van der Waals surface area contributed by atoms with Crippen LogP contribution in [0.3, 0.4) is 0 Å². The number of likely N-dealkylation sites (N-methyl/N-ethyl adjacent to an activating group) is 1. The fraction of sp³-hybridized carbons (Fsp3) is 0.828. The van der Waals surface area contributed by atoms with Crippen molar-refractivity contribution in [3.8, 4) is 6.01 Å². The van der Waals surface area contributed by atoms with Crippen LogP contribution >= 0.6 is 23.5 Å². The molecule has 0 aliphatic carbocycles. The van der Waals surface area contributed by atoms with Crippen LogP contribution in [-0.2, 0) is 0 Å². The summed E-state index contributed by atoms with van der Waals surface area (Å²) in [5.41, 5.74) is 0. The van der Waals surface area contributed by atoms with E-state index in [1.54, 1.807) is 23.5 Å². The lowest BCUT2D eigenvalue weighted by atomic mass is 10.1. The zero-order valence-corrected chi connectivity index (χ0v) is 25.6. The SMILES string of the molecule is CCCCCCCC/C=C\CCCCCCCCSc1nc(OCCN2CCN(C)CC2)nc(SC)n1. The van der Waals surface area contributed by atoms with E-state index in [1.807, 2.05) is 6.26 Å². The molecule has 0 atom stereocenters. The van der Waals surface area contributed by atoms with Crippen molar-refractivity contribution in [2.75, 3.05) is 58.4 Å². The molecule has 0 saturated carbocycles. The molecule has 1 aromatic heterocycles. The highest BCUT2D eigenvalue weighted by Crippen LogP contribution is 2.21. The molecular weight excluding hydrogens is 498 g/mol. The molecule has 0 spiro atoms. The zero-order valence-electron chi connectivity index (χ0n) is 24.0. The lowest BCUT2D eigenvalue weighted by Gasteiger charge is -2.32. The highest BCUT2D eigenvalue weighted by Gasteiger charge is 2.14. The van der Waals surface area contributed by atoms with Gasteiger partial charge in [0.05, 0.1) is 0 Å². The van der Waals surface area contributed by atoms with Gasteiger partial charge in [-0.2, -0.15) is 15.0 Å². The Morgan fingerprint density at radius 3 is 2.00 bits per heavy atom. The summed E-state index contributed by atoms with van der Waals surface area (Å²) in [6.45, 7) is 8.28. The molecule has 0 N–H and O–H groups in total. The quantitative estimate of drug-likeness (QED) is 0.0842.